The van der Waals surface area contributed by atoms with E-state index >= 15 is 0 Å². The van der Waals surface area contributed by atoms with Crippen LogP contribution in [0.5, 0.6) is 0 Å². The normalized spacial score (nSPS) is 11.3. The van der Waals surface area contributed by atoms with Crippen LogP contribution >= 0.6 is 31.9 Å². The van der Waals surface area contributed by atoms with Gasteiger partial charge in [0.25, 0.3) is 5.91 Å². The first-order valence-electron chi connectivity index (χ1n) is 6.07. The minimum Gasteiger partial charge on any atom is -0.411 e. The lowest BCUT2D eigenvalue weighted by Gasteiger charge is -2.09. The number of carbonyl (C=O) groups excluding carboxylic acids is 1. The van der Waals surface area contributed by atoms with Crippen LogP contribution in [0.3, 0.4) is 0 Å². The molecule has 0 saturated heterocycles. The van der Waals surface area contributed by atoms with Gasteiger partial charge in [0.2, 0.25) is 0 Å². The number of hydrogen-bond donors (Lipinski definition) is 2. The number of nitrogens with zero attached hydrogens (tertiary/aromatic N) is 1. The maximum absolute atomic E-state index is 12.3. The summed E-state index contributed by atoms with van der Waals surface area (Å²) in [4.78, 5) is 12.3. The molecule has 0 aliphatic heterocycles. The second-order valence-electron chi connectivity index (χ2n) is 4.34. The number of anilines is 1. The summed E-state index contributed by atoms with van der Waals surface area (Å²) in [5.74, 6) is -0.223. The molecule has 0 heterocycles. The molecule has 0 aliphatic carbocycles. The van der Waals surface area contributed by atoms with Crippen molar-refractivity contribution in [2.24, 2.45) is 5.16 Å². The molecule has 108 valence electrons. The summed E-state index contributed by atoms with van der Waals surface area (Å²) in [6, 6.07) is 12.5. The van der Waals surface area contributed by atoms with Gasteiger partial charge in [-0.2, -0.15) is 0 Å². The van der Waals surface area contributed by atoms with Crippen molar-refractivity contribution in [2.45, 2.75) is 6.92 Å². The summed E-state index contributed by atoms with van der Waals surface area (Å²) in [7, 11) is 0. The van der Waals surface area contributed by atoms with E-state index in [0.717, 1.165) is 10.0 Å². The average Bonchev–Trinajstić information content (AvgIpc) is 2.49. The van der Waals surface area contributed by atoms with Crippen LogP contribution < -0.4 is 5.32 Å². The molecule has 2 aromatic rings. The van der Waals surface area contributed by atoms with E-state index in [0.29, 0.717) is 21.4 Å². The molecule has 21 heavy (non-hydrogen) atoms. The van der Waals surface area contributed by atoms with Gasteiger partial charge in [-0.3, -0.25) is 4.79 Å². The van der Waals surface area contributed by atoms with Crippen LogP contribution in [0.2, 0.25) is 0 Å². The van der Waals surface area contributed by atoms with Crippen LogP contribution in [0.25, 0.3) is 0 Å². The first kappa shape index (κ1) is 15.7. The number of amides is 1. The molecule has 0 aliphatic rings. The second-order valence-corrected chi connectivity index (χ2v) is 6.11. The maximum atomic E-state index is 12.3. The van der Waals surface area contributed by atoms with Gasteiger partial charge in [0.1, 0.15) is 0 Å². The molecular weight excluding hydrogens is 400 g/mol. The van der Waals surface area contributed by atoms with E-state index in [2.05, 4.69) is 42.3 Å². The summed E-state index contributed by atoms with van der Waals surface area (Å²) in [6.45, 7) is 1.69. The van der Waals surface area contributed by atoms with Crippen molar-refractivity contribution in [2.75, 3.05) is 5.32 Å². The topological polar surface area (TPSA) is 61.7 Å². The number of carbonyl (C=O) groups is 1. The van der Waals surface area contributed by atoms with Crippen LogP contribution in [0.4, 0.5) is 5.69 Å². The third-order valence-electron chi connectivity index (χ3n) is 2.86. The molecule has 0 spiro atoms. The van der Waals surface area contributed by atoms with E-state index in [4.69, 9.17) is 5.21 Å². The molecule has 0 bridgehead atoms. The average molecular weight is 412 g/mol. The van der Waals surface area contributed by atoms with E-state index < -0.39 is 0 Å². The Hall–Kier alpha value is -1.66. The van der Waals surface area contributed by atoms with Crippen molar-refractivity contribution >= 4 is 49.2 Å². The highest BCUT2D eigenvalue weighted by molar-refractivity contribution is 9.11. The lowest BCUT2D eigenvalue weighted by Crippen LogP contribution is -2.13. The van der Waals surface area contributed by atoms with E-state index in [1.807, 2.05) is 6.07 Å². The minimum atomic E-state index is -0.223. The number of halogens is 2. The van der Waals surface area contributed by atoms with Crippen molar-refractivity contribution in [3.63, 3.8) is 0 Å². The second kappa shape index (κ2) is 6.87. The van der Waals surface area contributed by atoms with Gasteiger partial charge in [-0.15, -0.1) is 0 Å². The van der Waals surface area contributed by atoms with Crippen molar-refractivity contribution in [3.8, 4) is 0 Å². The third-order valence-corrected chi connectivity index (χ3v) is 4.05. The molecule has 2 rings (SSSR count). The van der Waals surface area contributed by atoms with E-state index in [9.17, 15) is 4.79 Å². The van der Waals surface area contributed by atoms with Gasteiger partial charge in [-0.1, -0.05) is 33.2 Å². The van der Waals surface area contributed by atoms with E-state index in [1.54, 1.807) is 43.3 Å². The lowest BCUT2D eigenvalue weighted by atomic mass is 10.1. The molecule has 6 heteroatoms. The molecule has 1 amide bonds. The summed E-state index contributed by atoms with van der Waals surface area (Å²) in [5.41, 5.74) is 2.38. The zero-order chi connectivity index (χ0) is 15.4. The number of hydrogen-bond acceptors (Lipinski definition) is 3. The van der Waals surface area contributed by atoms with Crippen LogP contribution in [-0.2, 0) is 0 Å². The Morgan fingerprint density at radius 2 is 1.95 bits per heavy atom. The third kappa shape index (κ3) is 3.92. The van der Waals surface area contributed by atoms with Crippen LogP contribution in [-0.4, -0.2) is 16.8 Å². The van der Waals surface area contributed by atoms with Crippen molar-refractivity contribution in [3.05, 3.63) is 62.5 Å². The molecule has 4 nitrogen and oxygen atoms in total. The first-order valence-corrected chi connectivity index (χ1v) is 7.65. The van der Waals surface area contributed by atoms with E-state index in [1.165, 1.54) is 0 Å². The molecular formula is C15H12Br2N2O2. The molecule has 0 saturated carbocycles. The number of benzene rings is 2. The zero-order valence-corrected chi connectivity index (χ0v) is 14.3. The molecule has 2 N–H and O–H groups in total. The SMILES string of the molecule is C/C(=N/O)c1cccc(NC(=O)c2cc(Br)ccc2Br)c1. The largest absolute Gasteiger partial charge is 0.411 e. The zero-order valence-electron chi connectivity index (χ0n) is 11.1. The van der Waals surface area contributed by atoms with Crippen molar-refractivity contribution in [1.29, 1.82) is 0 Å². The smallest absolute Gasteiger partial charge is 0.256 e. The Morgan fingerprint density at radius 1 is 1.19 bits per heavy atom. The van der Waals surface area contributed by atoms with Crippen LogP contribution in [0.15, 0.2) is 56.6 Å². The molecule has 2 aromatic carbocycles. The lowest BCUT2D eigenvalue weighted by molar-refractivity contribution is 0.102. The summed E-state index contributed by atoms with van der Waals surface area (Å²) < 4.78 is 1.54. The standard InChI is InChI=1S/C15H12Br2N2O2/c1-9(19-21)10-3-2-4-12(7-10)18-15(20)13-8-11(16)5-6-14(13)17/h2-8,21H,1H3,(H,18,20)/b19-9-. The monoisotopic (exact) mass is 410 g/mol. The van der Waals surface area contributed by atoms with Crippen LogP contribution in [0, 0.1) is 0 Å². The van der Waals surface area contributed by atoms with Gasteiger partial charge in [-0.25, -0.2) is 0 Å². The highest BCUT2D eigenvalue weighted by Gasteiger charge is 2.11. The number of oxime groups is 1. The van der Waals surface area contributed by atoms with Gasteiger partial charge in [0, 0.05) is 20.2 Å². The quantitative estimate of drug-likeness (QED) is 0.438. The molecule has 0 radical (unpaired) electrons. The maximum Gasteiger partial charge on any atom is 0.256 e. The summed E-state index contributed by atoms with van der Waals surface area (Å²) in [5, 5.41) is 14.8. The van der Waals surface area contributed by atoms with Gasteiger partial charge in [-0.05, 0) is 53.2 Å². The van der Waals surface area contributed by atoms with E-state index in [-0.39, 0.29) is 5.91 Å². The Labute approximate surface area is 139 Å². The predicted octanol–water partition coefficient (Wildman–Crippen LogP) is 4.66. The molecule has 0 aromatic heterocycles. The number of rotatable bonds is 3. The highest BCUT2D eigenvalue weighted by atomic mass is 79.9. The highest BCUT2D eigenvalue weighted by Crippen LogP contribution is 2.23. The first-order chi connectivity index (χ1) is 10.0. The van der Waals surface area contributed by atoms with Gasteiger partial charge >= 0.3 is 0 Å². The molecule has 0 fully saturated rings. The van der Waals surface area contributed by atoms with Gasteiger partial charge in [0.15, 0.2) is 0 Å². The molecule has 0 unspecified atom stereocenters. The fourth-order valence-corrected chi connectivity index (χ4v) is 2.54. The Balaban J connectivity index is 2.26. The van der Waals surface area contributed by atoms with Gasteiger partial charge < -0.3 is 10.5 Å². The predicted molar refractivity (Wildman–Crippen MR) is 90.2 cm³/mol. The minimum absolute atomic E-state index is 0.223. The van der Waals surface area contributed by atoms with Gasteiger partial charge in [0.05, 0.1) is 11.3 Å². The Morgan fingerprint density at radius 3 is 2.67 bits per heavy atom. The Bertz CT molecular complexity index is 715. The Kier molecular flexibility index (Phi) is 5.14. The van der Waals surface area contributed by atoms with Crippen molar-refractivity contribution < 1.29 is 10.0 Å². The summed E-state index contributed by atoms with van der Waals surface area (Å²) >= 11 is 6.71. The fourth-order valence-electron chi connectivity index (χ4n) is 1.75. The molecule has 0 atom stereocenters. The van der Waals surface area contributed by atoms with Crippen LogP contribution in [0.1, 0.15) is 22.8 Å². The summed E-state index contributed by atoms with van der Waals surface area (Å²) in [6.07, 6.45) is 0. The fraction of sp³-hybridized carbons (Fsp3) is 0.0667. The van der Waals surface area contributed by atoms with Crippen molar-refractivity contribution in [1.82, 2.24) is 0 Å². The number of nitrogens with one attached hydrogen (secondary N) is 1.